The Balaban J connectivity index is 1.61. The van der Waals surface area contributed by atoms with Crippen molar-refractivity contribution >= 4 is 17.5 Å². The highest BCUT2D eigenvalue weighted by molar-refractivity contribution is 6.04. The predicted octanol–water partition coefficient (Wildman–Crippen LogP) is 3.01. The van der Waals surface area contributed by atoms with Crippen molar-refractivity contribution in [3.63, 3.8) is 0 Å². The maximum absolute atomic E-state index is 12.6. The molecule has 2 N–H and O–H groups in total. The van der Waals surface area contributed by atoms with Crippen molar-refractivity contribution in [2.24, 2.45) is 0 Å². The van der Waals surface area contributed by atoms with Gasteiger partial charge < -0.3 is 24.8 Å². The Morgan fingerprint density at radius 2 is 1.97 bits per heavy atom. The lowest BCUT2D eigenvalue weighted by Crippen LogP contribution is -2.34. The van der Waals surface area contributed by atoms with Crippen molar-refractivity contribution in [1.82, 2.24) is 5.32 Å². The summed E-state index contributed by atoms with van der Waals surface area (Å²) in [6.07, 6.45) is 1.25. The summed E-state index contributed by atoms with van der Waals surface area (Å²) in [6.45, 7) is 2.84. The van der Waals surface area contributed by atoms with Crippen LogP contribution in [-0.4, -0.2) is 44.3 Å². The van der Waals surface area contributed by atoms with Crippen molar-refractivity contribution in [2.45, 2.75) is 32.0 Å². The molecule has 1 saturated heterocycles. The lowest BCUT2D eigenvalue weighted by Gasteiger charge is -2.17. The van der Waals surface area contributed by atoms with Crippen molar-refractivity contribution in [3.8, 4) is 11.5 Å². The van der Waals surface area contributed by atoms with Crippen LogP contribution in [0.4, 0.5) is 5.69 Å². The maximum Gasteiger partial charge on any atom is 0.265 e. The molecule has 0 spiro atoms. The molecule has 154 valence electrons. The minimum absolute atomic E-state index is 0.0528. The van der Waals surface area contributed by atoms with Crippen LogP contribution in [0.2, 0.25) is 0 Å². The van der Waals surface area contributed by atoms with E-state index < -0.39 is 6.10 Å². The second kappa shape index (κ2) is 9.93. The molecule has 0 aromatic heterocycles. The van der Waals surface area contributed by atoms with E-state index >= 15 is 0 Å². The van der Waals surface area contributed by atoms with Crippen molar-refractivity contribution in [3.05, 3.63) is 54.1 Å². The third kappa shape index (κ3) is 5.71. The molecule has 0 radical (unpaired) electrons. The second-order valence-electron chi connectivity index (χ2n) is 6.82. The molecular formula is C22H26N2O5. The molecule has 1 aliphatic heterocycles. The molecule has 1 aliphatic rings. The third-order valence-corrected chi connectivity index (χ3v) is 4.67. The minimum Gasteiger partial charge on any atom is -0.497 e. The molecule has 0 saturated carbocycles. The lowest BCUT2D eigenvalue weighted by molar-refractivity contribution is -0.122. The SMILES string of the molecule is COc1cccc(OC(C)C(=O)Nc2ccccc2C(=O)NCC2CCCO2)c1. The van der Waals surface area contributed by atoms with Gasteiger partial charge in [-0.3, -0.25) is 9.59 Å². The van der Waals surface area contributed by atoms with Crippen LogP contribution < -0.4 is 20.1 Å². The van der Waals surface area contributed by atoms with Crippen molar-refractivity contribution < 1.29 is 23.8 Å². The molecule has 7 heteroatoms. The number of carbonyl (C=O) groups is 2. The summed E-state index contributed by atoms with van der Waals surface area (Å²) in [6, 6.07) is 13.9. The fraction of sp³-hybridized carbons (Fsp3) is 0.364. The fourth-order valence-corrected chi connectivity index (χ4v) is 3.06. The van der Waals surface area contributed by atoms with E-state index in [0.717, 1.165) is 19.4 Å². The highest BCUT2D eigenvalue weighted by Crippen LogP contribution is 2.21. The Labute approximate surface area is 170 Å². The smallest absolute Gasteiger partial charge is 0.265 e. The Hall–Kier alpha value is -3.06. The number of amides is 2. The zero-order valence-corrected chi connectivity index (χ0v) is 16.6. The number of ether oxygens (including phenoxy) is 3. The zero-order valence-electron chi connectivity index (χ0n) is 16.6. The molecule has 2 unspecified atom stereocenters. The van der Waals surface area contributed by atoms with Gasteiger partial charge in [0.1, 0.15) is 11.5 Å². The van der Waals surface area contributed by atoms with Crippen LogP contribution in [-0.2, 0) is 9.53 Å². The standard InChI is InChI=1S/C22H26N2O5/c1-15(29-17-8-5-7-16(13-17)27-2)21(25)24-20-11-4-3-10-19(20)22(26)23-14-18-9-6-12-28-18/h3-5,7-8,10-11,13,15,18H,6,9,12,14H2,1-2H3,(H,23,26)(H,24,25). The number of methoxy groups -OCH3 is 1. The molecule has 0 aliphatic carbocycles. The number of anilines is 1. The number of benzene rings is 2. The van der Waals surface area contributed by atoms with Crippen LogP contribution in [0.1, 0.15) is 30.1 Å². The Morgan fingerprint density at radius 3 is 2.72 bits per heavy atom. The second-order valence-corrected chi connectivity index (χ2v) is 6.82. The first-order chi connectivity index (χ1) is 14.1. The van der Waals surface area contributed by atoms with E-state index in [9.17, 15) is 9.59 Å². The van der Waals surface area contributed by atoms with Gasteiger partial charge in [0.25, 0.3) is 11.8 Å². The first-order valence-electron chi connectivity index (χ1n) is 9.67. The van der Waals surface area contributed by atoms with E-state index in [0.29, 0.717) is 29.3 Å². The van der Waals surface area contributed by atoms with Crippen molar-refractivity contribution in [2.75, 3.05) is 25.6 Å². The summed E-state index contributed by atoms with van der Waals surface area (Å²) in [5.41, 5.74) is 0.829. The van der Waals surface area contributed by atoms with E-state index in [1.807, 2.05) is 0 Å². The van der Waals surface area contributed by atoms with Gasteiger partial charge in [0.15, 0.2) is 6.10 Å². The molecule has 2 atom stereocenters. The highest BCUT2D eigenvalue weighted by atomic mass is 16.5. The number of hydrogen-bond donors (Lipinski definition) is 2. The van der Waals surface area contributed by atoms with Crippen LogP contribution in [0.25, 0.3) is 0 Å². The fourth-order valence-electron chi connectivity index (χ4n) is 3.06. The predicted molar refractivity (Wildman–Crippen MR) is 109 cm³/mol. The van der Waals surface area contributed by atoms with Gasteiger partial charge >= 0.3 is 0 Å². The number of para-hydroxylation sites is 1. The summed E-state index contributed by atoms with van der Waals surface area (Å²) >= 11 is 0. The van der Waals surface area contributed by atoms with E-state index in [2.05, 4.69) is 10.6 Å². The third-order valence-electron chi connectivity index (χ3n) is 4.67. The highest BCUT2D eigenvalue weighted by Gasteiger charge is 2.20. The zero-order chi connectivity index (χ0) is 20.6. The molecule has 0 bridgehead atoms. The average molecular weight is 398 g/mol. The van der Waals surface area contributed by atoms with E-state index in [1.165, 1.54) is 0 Å². The van der Waals surface area contributed by atoms with Gasteiger partial charge in [-0.2, -0.15) is 0 Å². The summed E-state index contributed by atoms with van der Waals surface area (Å²) < 4.78 is 16.4. The van der Waals surface area contributed by atoms with Crippen LogP contribution in [0, 0.1) is 0 Å². The summed E-state index contributed by atoms with van der Waals surface area (Å²) in [7, 11) is 1.57. The summed E-state index contributed by atoms with van der Waals surface area (Å²) in [4.78, 5) is 25.2. The van der Waals surface area contributed by atoms with E-state index in [4.69, 9.17) is 14.2 Å². The topological polar surface area (TPSA) is 85.9 Å². The normalized spacial score (nSPS) is 16.7. The number of nitrogens with one attached hydrogen (secondary N) is 2. The van der Waals surface area contributed by atoms with E-state index in [-0.39, 0.29) is 17.9 Å². The number of carbonyl (C=O) groups excluding carboxylic acids is 2. The average Bonchev–Trinajstić information content (AvgIpc) is 3.26. The first kappa shape index (κ1) is 20.7. The summed E-state index contributed by atoms with van der Waals surface area (Å²) in [5.74, 6) is 0.558. The van der Waals surface area contributed by atoms with Gasteiger partial charge in [0.2, 0.25) is 0 Å². The Morgan fingerprint density at radius 1 is 1.17 bits per heavy atom. The van der Waals surface area contributed by atoms with Crippen LogP contribution in [0.15, 0.2) is 48.5 Å². The number of hydrogen-bond acceptors (Lipinski definition) is 5. The summed E-state index contributed by atoms with van der Waals surface area (Å²) in [5, 5.41) is 5.66. The Bertz CT molecular complexity index is 849. The molecule has 1 heterocycles. The lowest BCUT2D eigenvalue weighted by atomic mass is 10.1. The molecule has 3 rings (SSSR count). The van der Waals surface area contributed by atoms with Gasteiger partial charge in [0, 0.05) is 19.2 Å². The van der Waals surface area contributed by atoms with Gasteiger partial charge in [-0.25, -0.2) is 0 Å². The van der Waals surface area contributed by atoms with Gasteiger partial charge in [-0.15, -0.1) is 0 Å². The Kier molecular flexibility index (Phi) is 7.08. The molecule has 2 aromatic rings. The van der Waals surface area contributed by atoms with Crippen LogP contribution in [0.5, 0.6) is 11.5 Å². The van der Waals surface area contributed by atoms with Gasteiger partial charge in [0.05, 0.1) is 24.5 Å². The quantitative estimate of drug-likeness (QED) is 0.714. The molecular weight excluding hydrogens is 372 g/mol. The molecule has 2 amide bonds. The van der Waals surface area contributed by atoms with E-state index in [1.54, 1.807) is 62.6 Å². The van der Waals surface area contributed by atoms with Crippen LogP contribution >= 0.6 is 0 Å². The largest absolute Gasteiger partial charge is 0.497 e. The molecule has 7 nitrogen and oxygen atoms in total. The van der Waals surface area contributed by atoms with Gasteiger partial charge in [-0.1, -0.05) is 18.2 Å². The monoisotopic (exact) mass is 398 g/mol. The van der Waals surface area contributed by atoms with Gasteiger partial charge in [-0.05, 0) is 44.0 Å². The minimum atomic E-state index is -0.759. The molecule has 1 fully saturated rings. The molecule has 2 aromatic carbocycles. The van der Waals surface area contributed by atoms with Crippen LogP contribution in [0.3, 0.4) is 0 Å². The number of rotatable bonds is 8. The van der Waals surface area contributed by atoms with Crippen molar-refractivity contribution in [1.29, 1.82) is 0 Å². The maximum atomic E-state index is 12.6. The molecule has 29 heavy (non-hydrogen) atoms. The first-order valence-corrected chi connectivity index (χ1v) is 9.67.